The van der Waals surface area contributed by atoms with Crippen LogP contribution < -0.4 is 16.6 Å². The molecule has 0 spiro atoms. The van der Waals surface area contributed by atoms with E-state index >= 15 is 0 Å². The number of para-hydroxylation sites is 1. The van der Waals surface area contributed by atoms with Gasteiger partial charge in [0.05, 0.1) is 18.4 Å². The zero-order valence-corrected chi connectivity index (χ0v) is 17.7. The first-order valence-corrected chi connectivity index (χ1v) is 9.87. The number of hydrogen-bond donors (Lipinski definition) is 1. The summed E-state index contributed by atoms with van der Waals surface area (Å²) in [7, 11) is 1.60. The monoisotopic (exact) mass is 433 g/mol. The summed E-state index contributed by atoms with van der Waals surface area (Å²) in [5.74, 6) is 2.60. The summed E-state index contributed by atoms with van der Waals surface area (Å²) in [6.07, 6.45) is 8.21. The van der Waals surface area contributed by atoms with Crippen LogP contribution in [0.3, 0.4) is 0 Å². The number of methoxy groups -OCH3 is 1. The van der Waals surface area contributed by atoms with Gasteiger partial charge in [-0.1, -0.05) is 36.8 Å². The zero-order valence-electron chi connectivity index (χ0n) is 17.7. The minimum absolute atomic E-state index is 0.0448. The van der Waals surface area contributed by atoms with Crippen molar-refractivity contribution >= 4 is 22.6 Å². The Hall–Kier alpha value is -3.86. The van der Waals surface area contributed by atoms with Gasteiger partial charge in [0.2, 0.25) is 0 Å². The van der Waals surface area contributed by atoms with E-state index in [1.165, 1.54) is 18.4 Å². The topological polar surface area (TPSA) is 90.9 Å². The molecule has 0 saturated carbocycles. The normalized spacial score (nSPS) is 11.3. The van der Waals surface area contributed by atoms with Gasteiger partial charge in [0.1, 0.15) is 18.0 Å². The molecule has 0 aliphatic rings. The van der Waals surface area contributed by atoms with Crippen LogP contribution in [0, 0.1) is 12.3 Å². The molecule has 3 rings (SSSR count). The molecular weight excluding hydrogens is 410 g/mol. The summed E-state index contributed by atoms with van der Waals surface area (Å²) in [6, 6.07) is 10.1. The Labute approximate surface area is 185 Å². The number of hydrogen-bond acceptors (Lipinski definition) is 7. The first-order chi connectivity index (χ1) is 15.6. The second kappa shape index (κ2) is 11.0. The number of fused-ring (bicyclic) bond motifs is 1. The molecule has 0 saturated heterocycles. The van der Waals surface area contributed by atoms with Crippen molar-refractivity contribution in [1.82, 2.24) is 5.32 Å². The average molecular weight is 433 g/mol. The van der Waals surface area contributed by atoms with Crippen molar-refractivity contribution in [3.05, 3.63) is 81.4 Å². The first kappa shape index (κ1) is 22.8. The van der Waals surface area contributed by atoms with Gasteiger partial charge in [0.25, 0.3) is 0 Å². The van der Waals surface area contributed by atoms with Crippen molar-refractivity contribution in [3.63, 3.8) is 0 Å². The fourth-order valence-electron chi connectivity index (χ4n) is 3.18. The predicted octanol–water partition coefficient (Wildman–Crippen LogP) is 3.28. The van der Waals surface area contributed by atoms with Gasteiger partial charge in [0, 0.05) is 48.4 Å². The van der Waals surface area contributed by atoms with Gasteiger partial charge in [-0.25, -0.2) is 9.59 Å². The summed E-state index contributed by atoms with van der Waals surface area (Å²) in [5, 5.41) is 3.90. The van der Waals surface area contributed by atoms with E-state index in [9.17, 15) is 9.59 Å². The molecule has 164 valence electrons. The van der Waals surface area contributed by atoms with Crippen LogP contribution in [0.2, 0.25) is 0 Å². The smallest absolute Gasteiger partial charge is 0.344 e. The Morgan fingerprint density at radius 1 is 1.22 bits per heavy atom. The van der Waals surface area contributed by atoms with Crippen LogP contribution in [-0.2, 0) is 9.47 Å². The van der Waals surface area contributed by atoms with Crippen molar-refractivity contribution in [2.75, 3.05) is 33.4 Å². The first-order valence-electron chi connectivity index (χ1n) is 9.87. The summed E-state index contributed by atoms with van der Waals surface area (Å²) < 4.78 is 21.4. The Morgan fingerprint density at radius 3 is 2.78 bits per heavy atom. The van der Waals surface area contributed by atoms with Crippen LogP contribution >= 0.6 is 0 Å². The van der Waals surface area contributed by atoms with Gasteiger partial charge < -0.3 is 23.6 Å². The third kappa shape index (κ3) is 5.24. The fraction of sp³-hybridized carbons (Fsp3) is 0.200. The maximum absolute atomic E-state index is 12.7. The second-order valence-electron chi connectivity index (χ2n) is 6.74. The molecule has 1 N–H and O–H groups in total. The van der Waals surface area contributed by atoms with Crippen molar-refractivity contribution in [3.8, 4) is 23.5 Å². The van der Waals surface area contributed by atoms with Crippen molar-refractivity contribution < 1.29 is 18.3 Å². The van der Waals surface area contributed by atoms with E-state index in [1.54, 1.807) is 25.3 Å². The SMILES string of the molecule is C#CCO/C=C(\CNCCOC)c1oc(=O)cc(-c2cc3ccccc3oc2=O)c1C=C. The van der Waals surface area contributed by atoms with Crippen LogP contribution in [0.5, 0.6) is 0 Å². The largest absolute Gasteiger partial charge is 0.488 e. The highest BCUT2D eigenvalue weighted by atomic mass is 16.5. The highest BCUT2D eigenvalue weighted by Gasteiger charge is 2.19. The Bertz CT molecular complexity index is 1290. The van der Waals surface area contributed by atoms with E-state index in [1.807, 2.05) is 12.1 Å². The standard InChI is InChI=1S/C25H23NO6/c1-4-11-30-16-18(15-26-10-12-29-3)24-19(5-2)20(14-23(27)32-24)21-13-17-8-6-7-9-22(17)31-25(21)28/h1,5-9,13-14,16,26H,2,10-12,15H2,3H3/b18-16+. The molecule has 0 bridgehead atoms. The summed E-state index contributed by atoms with van der Waals surface area (Å²) in [4.78, 5) is 25.2. The molecule has 7 nitrogen and oxygen atoms in total. The van der Waals surface area contributed by atoms with Crippen molar-refractivity contribution in [2.24, 2.45) is 0 Å². The van der Waals surface area contributed by atoms with E-state index in [4.69, 9.17) is 24.7 Å². The van der Waals surface area contributed by atoms with E-state index in [0.29, 0.717) is 42.0 Å². The lowest BCUT2D eigenvalue weighted by Gasteiger charge is -2.14. The Kier molecular flexibility index (Phi) is 7.81. The average Bonchev–Trinajstić information content (AvgIpc) is 2.79. The number of ether oxygens (including phenoxy) is 2. The molecule has 0 unspecified atom stereocenters. The van der Waals surface area contributed by atoms with Gasteiger partial charge in [-0.05, 0) is 12.1 Å². The maximum atomic E-state index is 12.7. The van der Waals surface area contributed by atoms with Gasteiger partial charge in [-0.3, -0.25) is 0 Å². The van der Waals surface area contributed by atoms with Crippen LogP contribution in [0.15, 0.2) is 67.7 Å². The van der Waals surface area contributed by atoms with E-state index in [0.717, 1.165) is 5.39 Å². The number of nitrogens with one attached hydrogen (secondary N) is 1. The maximum Gasteiger partial charge on any atom is 0.344 e. The van der Waals surface area contributed by atoms with Crippen LogP contribution in [0.4, 0.5) is 0 Å². The molecule has 2 aromatic heterocycles. The molecule has 0 atom stereocenters. The molecule has 0 aliphatic carbocycles. The lowest BCUT2D eigenvalue weighted by atomic mass is 9.97. The Morgan fingerprint density at radius 2 is 2.03 bits per heavy atom. The fourth-order valence-corrected chi connectivity index (χ4v) is 3.18. The Balaban J connectivity index is 2.15. The number of benzene rings is 1. The van der Waals surface area contributed by atoms with E-state index in [-0.39, 0.29) is 17.9 Å². The highest BCUT2D eigenvalue weighted by molar-refractivity contribution is 5.86. The highest BCUT2D eigenvalue weighted by Crippen LogP contribution is 2.29. The minimum atomic E-state index is -0.632. The van der Waals surface area contributed by atoms with Crippen molar-refractivity contribution in [1.29, 1.82) is 0 Å². The number of terminal acetylenes is 1. The minimum Gasteiger partial charge on any atom is -0.488 e. The second-order valence-corrected chi connectivity index (χ2v) is 6.74. The van der Waals surface area contributed by atoms with Gasteiger partial charge >= 0.3 is 11.3 Å². The summed E-state index contributed by atoms with van der Waals surface area (Å²) >= 11 is 0. The summed E-state index contributed by atoms with van der Waals surface area (Å²) in [5.41, 5.74) is 0.805. The van der Waals surface area contributed by atoms with E-state index in [2.05, 4.69) is 17.8 Å². The van der Waals surface area contributed by atoms with Crippen LogP contribution in [0.25, 0.3) is 33.7 Å². The van der Waals surface area contributed by atoms with E-state index < -0.39 is 11.3 Å². The molecule has 1 aromatic carbocycles. The molecule has 0 aliphatic heterocycles. The lowest BCUT2D eigenvalue weighted by molar-refractivity contribution is 0.200. The van der Waals surface area contributed by atoms with Gasteiger partial charge in [-0.15, -0.1) is 6.42 Å². The van der Waals surface area contributed by atoms with Crippen LogP contribution in [0.1, 0.15) is 11.3 Å². The quantitative estimate of drug-likeness (QED) is 0.227. The van der Waals surface area contributed by atoms with Gasteiger partial charge in [0.15, 0.2) is 0 Å². The molecular formula is C25H23NO6. The third-order valence-electron chi connectivity index (χ3n) is 4.62. The molecule has 0 amide bonds. The van der Waals surface area contributed by atoms with Gasteiger partial charge in [-0.2, -0.15) is 0 Å². The molecule has 2 heterocycles. The predicted molar refractivity (Wildman–Crippen MR) is 124 cm³/mol. The lowest BCUT2D eigenvalue weighted by Crippen LogP contribution is -2.22. The molecule has 3 aromatic rings. The molecule has 32 heavy (non-hydrogen) atoms. The zero-order chi connectivity index (χ0) is 22.9. The number of rotatable bonds is 10. The van der Waals surface area contributed by atoms with Crippen molar-refractivity contribution in [2.45, 2.75) is 0 Å². The molecule has 0 radical (unpaired) electrons. The summed E-state index contributed by atoms with van der Waals surface area (Å²) in [6.45, 7) is 5.25. The third-order valence-corrected chi connectivity index (χ3v) is 4.62. The van der Waals surface area contributed by atoms with Crippen LogP contribution in [-0.4, -0.2) is 33.4 Å². The molecule has 0 fully saturated rings. The molecule has 7 heteroatoms.